The Morgan fingerprint density at radius 3 is 2.88 bits per heavy atom. The lowest BCUT2D eigenvalue weighted by atomic mass is 10.2. The number of aromatic nitrogens is 2. The van der Waals surface area contributed by atoms with Crippen molar-refractivity contribution in [3.63, 3.8) is 0 Å². The molecule has 82 valence electrons. The van der Waals surface area contributed by atoms with Crippen LogP contribution in [0, 0.1) is 0 Å². The van der Waals surface area contributed by atoms with Gasteiger partial charge in [0, 0.05) is 30.5 Å². The van der Waals surface area contributed by atoms with Crippen LogP contribution in [0.2, 0.25) is 0 Å². The van der Waals surface area contributed by atoms with Crippen LogP contribution in [0.1, 0.15) is 18.5 Å². The Hall–Kier alpha value is -1.48. The van der Waals surface area contributed by atoms with Crippen LogP contribution in [-0.2, 0) is 6.54 Å². The molecule has 0 aliphatic carbocycles. The van der Waals surface area contributed by atoms with Crippen molar-refractivity contribution in [1.29, 1.82) is 0 Å². The van der Waals surface area contributed by atoms with Crippen LogP contribution in [0.4, 0.5) is 0 Å². The summed E-state index contributed by atoms with van der Waals surface area (Å²) in [6.45, 7) is 3.42. The second kappa shape index (κ2) is 4.18. The molecule has 0 aromatic carbocycles. The number of fused-ring (bicyclic) bond motifs is 1. The highest BCUT2D eigenvalue weighted by Crippen LogP contribution is 2.15. The Labute approximate surface area is 95.1 Å². The van der Waals surface area contributed by atoms with Crippen LogP contribution in [0.25, 0.3) is 10.8 Å². The Morgan fingerprint density at radius 1 is 1.12 bits per heavy atom. The standard InChI is InChI=1S/C13H15N3/c1-2-6-16(5-1)10-13-7-11-3-4-14-8-12(11)9-15-13/h3-4,7-9H,1-2,5-6,10H2. The molecule has 0 amide bonds. The summed E-state index contributed by atoms with van der Waals surface area (Å²) in [5.41, 5.74) is 1.17. The molecule has 1 fully saturated rings. The van der Waals surface area contributed by atoms with Gasteiger partial charge in [-0.05, 0) is 43.5 Å². The number of rotatable bonds is 2. The van der Waals surface area contributed by atoms with Gasteiger partial charge in [0.25, 0.3) is 0 Å². The fourth-order valence-corrected chi connectivity index (χ4v) is 2.28. The predicted molar refractivity (Wildman–Crippen MR) is 64.0 cm³/mol. The number of pyridine rings is 2. The second-order valence-electron chi connectivity index (χ2n) is 4.38. The molecular weight excluding hydrogens is 198 g/mol. The van der Waals surface area contributed by atoms with Crippen LogP contribution in [0.3, 0.4) is 0 Å². The van der Waals surface area contributed by atoms with E-state index in [1.54, 1.807) is 0 Å². The number of hydrogen-bond acceptors (Lipinski definition) is 3. The van der Waals surface area contributed by atoms with E-state index < -0.39 is 0 Å². The predicted octanol–water partition coefficient (Wildman–Crippen LogP) is 2.23. The summed E-state index contributed by atoms with van der Waals surface area (Å²) in [7, 11) is 0. The Morgan fingerprint density at radius 2 is 2.00 bits per heavy atom. The van der Waals surface area contributed by atoms with Gasteiger partial charge >= 0.3 is 0 Å². The second-order valence-corrected chi connectivity index (χ2v) is 4.38. The number of hydrogen-bond donors (Lipinski definition) is 0. The molecule has 1 saturated heterocycles. The molecule has 16 heavy (non-hydrogen) atoms. The van der Waals surface area contributed by atoms with Crippen LogP contribution < -0.4 is 0 Å². The fourth-order valence-electron chi connectivity index (χ4n) is 2.28. The smallest absolute Gasteiger partial charge is 0.0550 e. The number of nitrogens with zero attached hydrogens (tertiary/aromatic N) is 3. The molecule has 3 nitrogen and oxygen atoms in total. The maximum atomic E-state index is 4.49. The Bertz CT molecular complexity index is 489. The summed E-state index contributed by atoms with van der Waals surface area (Å²) in [5.74, 6) is 0. The van der Waals surface area contributed by atoms with Crippen molar-refractivity contribution in [3.05, 3.63) is 36.4 Å². The summed E-state index contributed by atoms with van der Waals surface area (Å²) >= 11 is 0. The van der Waals surface area contributed by atoms with Crippen LogP contribution in [-0.4, -0.2) is 28.0 Å². The van der Waals surface area contributed by atoms with Crippen molar-refractivity contribution in [2.45, 2.75) is 19.4 Å². The van der Waals surface area contributed by atoms with Gasteiger partial charge in [-0.15, -0.1) is 0 Å². The third-order valence-electron chi connectivity index (χ3n) is 3.16. The molecule has 1 aliphatic rings. The van der Waals surface area contributed by atoms with Crippen molar-refractivity contribution >= 4 is 10.8 Å². The van der Waals surface area contributed by atoms with Crippen molar-refractivity contribution in [3.8, 4) is 0 Å². The van der Waals surface area contributed by atoms with Gasteiger partial charge in [-0.1, -0.05) is 0 Å². The van der Waals surface area contributed by atoms with Gasteiger partial charge < -0.3 is 0 Å². The number of likely N-dealkylation sites (tertiary alicyclic amines) is 1. The first-order valence-electron chi connectivity index (χ1n) is 5.83. The Kier molecular flexibility index (Phi) is 2.54. The maximum absolute atomic E-state index is 4.49. The lowest BCUT2D eigenvalue weighted by Gasteiger charge is -2.13. The van der Waals surface area contributed by atoms with Crippen molar-refractivity contribution in [2.75, 3.05) is 13.1 Å². The molecule has 0 unspecified atom stereocenters. The summed E-state index contributed by atoms with van der Waals surface area (Å²) in [6.07, 6.45) is 8.28. The molecule has 3 heterocycles. The average Bonchev–Trinajstić information content (AvgIpc) is 2.82. The first-order chi connectivity index (χ1) is 7.92. The molecule has 0 saturated carbocycles. The lowest BCUT2D eigenvalue weighted by molar-refractivity contribution is 0.327. The minimum absolute atomic E-state index is 0.984. The lowest BCUT2D eigenvalue weighted by Crippen LogP contribution is -2.18. The normalized spacial score (nSPS) is 17.0. The van der Waals surface area contributed by atoms with Crippen molar-refractivity contribution < 1.29 is 0 Å². The molecule has 3 rings (SSSR count). The van der Waals surface area contributed by atoms with E-state index in [0.29, 0.717) is 0 Å². The van der Waals surface area contributed by atoms with E-state index in [9.17, 15) is 0 Å². The zero-order valence-corrected chi connectivity index (χ0v) is 9.26. The fraction of sp³-hybridized carbons (Fsp3) is 0.385. The highest BCUT2D eigenvalue weighted by molar-refractivity contribution is 5.80. The van der Waals surface area contributed by atoms with E-state index in [-0.39, 0.29) is 0 Å². The van der Waals surface area contributed by atoms with Gasteiger partial charge in [0.1, 0.15) is 0 Å². The van der Waals surface area contributed by atoms with E-state index >= 15 is 0 Å². The molecular formula is C13H15N3. The van der Waals surface area contributed by atoms with Gasteiger partial charge in [0.05, 0.1) is 5.69 Å². The minimum atomic E-state index is 0.984. The van der Waals surface area contributed by atoms with E-state index in [1.165, 1.54) is 37.0 Å². The van der Waals surface area contributed by atoms with E-state index in [0.717, 1.165) is 11.9 Å². The zero-order valence-electron chi connectivity index (χ0n) is 9.26. The largest absolute Gasteiger partial charge is 0.298 e. The molecule has 3 heteroatoms. The minimum Gasteiger partial charge on any atom is -0.298 e. The van der Waals surface area contributed by atoms with E-state index in [1.807, 2.05) is 24.7 Å². The summed E-state index contributed by atoms with van der Waals surface area (Å²) in [4.78, 5) is 11.1. The average molecular weight is 213 g/mol. The Balaban J connectivity index is 1.86. The van der Waals surface area contributed by atoms with Gasteiger partial charge in [0.2, 0.25) is 0 Å². The van der Waals surface area contributed by atoms with E-state index in [2.05, 4.69) is 20.9 Å². The summed E-state index contributed by atoms with van der Waals surface area (Å²) < 4.78 is 0. The van der Waals surface area contributed by atoms with Crippen LogP contribution >= 0.6 is 0 Å². The van der Waals surface area contributed by atoms with Crippen LogP contribution in [0.5, 0.6) is 0 Å². The van der Waals surface area contributed by atoms with Crippen molar-refractivity contribution in [2.24, 2.45) is 0 Å². The first kappa shape index (κ1) is 9.73. The SMILES string of the molecule is c1cc2cc(CN3CCCC3)ncc2cn1. The molecule has 2 aromatic rings. The maximum Gasteiger partial charge on any atom is 0.0550 e. The highest BCUT2D eigenvalue weighted by Gasteiger charge is 2.12. The molecule has 0 bridgehead atoms. The monoisotopic (exact) mass is 213 g/mol. The highest BCUT2D eigenvalue weighted by atomic mass is 15.1. The summed E-state index contributed by atoms with van der Waals surface area (Å²) in [6, 6.07) is 4.22. The molecule has 0 N–H and O–H groups in total. The summed E-state index contributed by atoms with van der Waals surface area (Å²) in [5, 5.41) is 2.35. The molecule has 0 radical (unpaired) electrons. The van der Waals surface area contributed by atoms with Crippen LogP contribution in [0.15, 0.2) is 30.7 Å². The van der Waals surface area contributed by atoms with Crippen molar-refractivity contribution in [1.82, 2.24) is 14.9 Å². The molecule has 0 atom stereocenters. The molecule has 0 spiro atoms. The molecule has 1 aliphatic heterocycles. The van der Waals surface area contributed by atoms with Gasteiger partial charge in [0.15, 0.2) is 0 Å². The topological polar surface area (TPSA) is 29.0 Å². The van der Waals surface area contributed by atoms with Gasteiger partial charge in [-0.25, -0.2) is 0 Å². The van der Waals surface area contributed by atoms with E-state index in [4.69, 9.17) is 0 Å². The van der Waals surface area contributed by atoms with Gasteiger partial charge in [-0.3, -0.25) is 14.9 Å². The molecule has 2 aromatic heterocycles. The zero-order chi connectivity index (χ0) is 10.8. The van der Waals surface area contributed by atoms with Gasteiger partial charge in [-0.2, -0.15) is 0 Å². The third kappa shape index (κ3) is 1.91. The third-order valence-corrected chi connectivity index (χ3v) is 3.16. The quantitative estimate of drug-likeness (QED) is 0.766. The first-order valence-corrected chi connectivity index (χ1v) is 5.83.